The van der Waals surface area contributed by atoms with Crippen molar-refractivity contribution >= 4 is 22.4 Å². The van der Waals surface area contributed by atoms with Crippen LogP contribution in [-0.4, -0.2) is 15.9 Å². The van der Waals surface area contributed by atoms with Gasteiger partial charge in [-0.05, 0) is 17.7 Å². The maximum absolute atomic E-state index is 12.4. The van der Waals surface area contributed by atoms with Crippen LogP contribution in [0.2, 0.25) is 0 Å². The maximum atomic E-state index is 12.4. The van der Waals surface area contributed by atoms with E-state index in [2.05, 4.69) is 0 Å². The molecule has 3 nitrogen and oxygen atoms in total. The highest BCUT2D eigenvalue weighted by atomic mass is 32.2. The second kappa shape index (κ2) is 5.59. The molecule has 4 heteroatoms. The van der Waals surface area contributed by atoms with E-state index in [0.29, 0.717) is 12.2 Å². The van der Waals surface area contributed by atoms with Crippen molar-refractivity contribution in [1.29, 1.82) is 0 Å². The van der Waals surface area contributed by atoms with Gasteiger partial charge in [0.2, 0.25) is 5.91 Å². The van der Waals surface area contributed by atoms with Gasteiger partial charge in [0.25, 0.3) is 0 Å². The first-order valence-electron chi connectivity index (χ1n) is 6.56. The van der Waals surface area contributed by atoms with Crippen molar-refractivity contribution in [1.82, 2.24) is 0 Å². The highest BCUT2D eigenvalue weighted by Crippen LogP contribution is 2.33. The van der Waals surface area contributed by atoms with E-state index in [1.54, 1.807) is 4.90 Å². The summed E-state index contributed by atoms with van der Waals surface area (Å²) in [5.41, 5.74) is 1.72. The number of amides is 1. The minimum atomic E-state index is -1.08. The molecule has 20 heavy (non-hydrogen) atoms. The molecule has 0 aliphatic carbocycles. The van der Waals surface area contributed by atoms with Crippen molar-refractivity contribution in [3.05, 3.63) is 66.2 Å². The summed E-state index contributed by atoms with van der Waals surface area (Å²) in [5, 5.41) is -0.389. The van der Waals surface area contributed by atoms with E-state index < -0.39 is 10.8 Å². The van der Waals surface area contributed by atoms with Gasteiger partial charge in [0.15, 0.2) is 0 Å². The predicted molar refractivity (Wildman–Crippen MR) is 80.7 cm³/mol. The van der Waals surface area contributed by atoms with Crippen LogP contribution in [0.4, 0.5) is 5.69 Å². The lowest BCUT2D eigenvalue weighted by atomic mass is 10.1. The first kappa shape index (κ1) is 13.1. The molecule has 1 saturated heterocycles. The highest BCUT2D eigenvalue weighted by Gasteiger charge is 2.35. The third kappa shape index (κ3) is 2.39. The van der Waals surface area contributed by atoms with Crippen molar-refractivity contribution in [2.24, 2.45) is 0 Å². The number of anilines is 1. The Morgan fingerprint density at radius 1 is 0.950 bits per heavy atom. The van der Waals surface area contributed by atoms with E-state index >= 15 is 0 Å². The Kier molecular flexibility index (Phi) is 3.65. The van der Waals surface area contributed by atoms with Gasteiger partial charge in [-0.15, -0.1) is 0 Å². The fourth-order valence-electron chi connectivity index (χ4n) is 2.45. The summed E-state index contributed by atoms with van der Waals surface area (Å²) < 4.78 is 12.4. The van der Waals surface area contributed by atoms with Crippen LogP contribution in [0.1, 0.15) is 17.4 Å². The third-order valence-corrected chi connectivity index (χ3v) is 4.98. The maximum Gasteiger partial charge on any atom is 0.229 e. The smallest absolute Gasteiger partial charge is 0.229 e. The topological polar surface area (TPSA) is 37.4 Å². The van der Waals surface area contributed by atoms with Crippen LogP contribution in [0, 0.1) is 0 Å². The Labute approximate surface area is 120 Å². The quantitative estimate of drug-likeness (QED) is 0.851. The van der Waals surface area contributed by atoms with Crippen LogP contribution in [0.5, 0.6) is 0 Å². The molecular formula is C16H15NO2S. The Hall–Kier alpha value is -1.94. The largest absolute Gasteiger partial charge is 0.293 e. The molecule has 3 rings (SSSR count). The molecule has 1 aliphatic heterocycles. The van der Waals surface area contributed by atoms with Crippen LogP contribution >= 0.6 is 0 Å². The molecule has 0 N–H and O–H groups in total. The molecule has 0 spiro atoms. The first-order valence-corrected chi connectivity index (χ1v) is 7.95. The van der Waals surface area contributed by atoms with Crippen LogP contribution in [0.3, 0.4) is 0 Å². The van der Waals surface area contributed by atoms with Gasteiger partial charge in [0.05, 0.1) is 0 Å². The summed E-state index contributed by atoms with van der Waals surface area (Å²) >= 11 is 0. The van der Waals surface area contributed by atoms with Crippen molar-refractivity contribution < 1.29 is 9.00 Å². The average molecular weight is 285 g/mol. The minimum absolute atomic E-state index is 0.0321. The van der Waals surface area contributed by atoms with Gasteiger partial charge in [0, 0.05) is 28.7 Å². The fourth-order valence-corrected chi connectivity index (χ4v) is 3.99. The summed E-state index contributed by atoms with van der Waals surface area (Å²) in [6, 6.07) is 19.1. The standard InChI is InChI=1S/C16H15NO2S/c18-15-11-12-20(19)16(13-7-3-1-4-8-13)17(15)14-9-5-2-6-10-14/h1-10,16H,11-12H2/t16-,20-/m0/s1. The van der Waals surface area contributed by atoms with Gasteiger partial charge in [-0.2, -0.15) is 0 Å². The van der Waals surface area contributed by atoms with Gasteiger partial charge in [-0.25, -0.2) is 0 Å². The first-order chi connectivity index (χ1) is 9.77. The van der Waals surface area contributed by atoms with Gasteiger partial charge < -0.3 is 0 Å². The second-order valence-corrected chi connectivity index (χ2v) is 6.31. The average Bonchev–Trinajstić information content (AvgIpc) is 2.51. The third-order valence-electron chi connectivity index (χ3n) is 3.39. The summed E-state index contributed by atoms with van der Waals surface area (Å²) in [6.07, 6.45) is 0.338. The second-order valence-electron chi connectivity index (χ2n) is 4.70. The molecule has 2 aromatic rings. The SMILES string of the molecule is O=C1CC[S@](=O)[C@@H](c2ccccc2)N1c1ccccc1. The van der Waals surface area contributed by atoms with Gasteiger partial charge in [-0.1, -0.05) is 48.5 Å². The predicted octanol–water partition coefficient (Wildman–Crippen LogP) is 2.87. The Bertz CT molecular complexity index is 570. The van der Waals surface area contributed by atoms with Crippen LogP contribution in [0.15, 0.2) is 60.7 Å². The zero-order valence-corrected chi connectivity index (χ0v) is 11.8. The molecule has 2 aromatic carbocycles. The monoisotopic (exact) mass is 285 g/mol. The Morgan fingerprint density at radius 3 is 2.20 bits per heavy atom. The van der Waals surface area contributed by atoms with Gasteiger partial charge >= 0.3 is 0 Å². The lowest BCUT2D eigenvalue weighted by Gasteiger charge is -2.35. The Balaban J connectivity index is 2.07. The van der Waals surface area contributed by atoms with Crippen molar-refractivity contribution in [2.75, 3.05) is 10.7 Å². The molecule has 1 heterocycles. The number of para-hydroxylation sites is 1. The van der Waals surface area contributed by atoms with Crippen LogP contribution < -0.4 is 4.90 Å². The number of carbonyl (C=O) groups excluding carboxylic acids is 1. The molecule has 1 aliphatic rings. The molecule has 1 fully saturated rings. The van der Waals surface area contributed by atoms with Crippen molar-refractivity contribution in [3.8, 4) is 0 Å². The van der Waals surface area contributed by atoms with E-state index in [1.807, 2.05) is 60.7 Å². The molecule has 0 unspecified atom stereocenters. The van der Waals surface area contributed by atoms with Gasteiger partial charge in [0.1, 0.15) is 5.37 Å². The number of hydrogen-bond acceptors (Lipinski definition) is 2. The summed E-state index contributed by atoms with van der Waals surface area (Å²) in [6.45, 7) is 0. The normalized spacial score (nSPS) is 22.8. The van der Waals surface area contributed by atoms with Gasteiger partial charge in [-0.3, -0.25) is 13.9 Å². The molecule has 102 valence electrons. The van der Waals surface area contributed by atoms with E-state index in [1.165, 1.54) is 0 Å². The summed E-state index contributed by atoms with van der Waals surface area (Å²) in [4.78, 5) is 14.0. The molecule has 1 amide bonds. The lowest BCUT2D eigenvalue weighted by Crippen LogP contribution is -2.42. The van der Waals surface area contributed by atoms with Crippen molar-refractivity contribution in [2.45, 2.75) is 11.8 Å². The zero-order valence-electron chi connectivity index (χ0n) is 10.9. The highest BCUT2D eigenvalue weighted by molar-refractivity contribution is 7.85. The van der Waals surface area contributed by atoms with Crippen LogP contribution in [0.25, 0.3) is 0 Å². The fraction of sp³-hybridized carbons (Fsp3) is 0.188. The van der Waals surface area contributed by atoms with Crippen LogP contribution in [-0.2, 0) is 15.6 Å². The van der Waals surface area contributed by atoms with E-state index in [4.69, 9.17) is 0 Å². The summed E-state index contributed by atoms with van der Waals surface area (Å²) in [5.74, 6) is 0.464. The van der Waals surface area contributed by atoms with E-state index in [9.17, 15) is 9.00 Å². The number of nitrogens with zero attached hydrogens (tertiary/aromatic N) is 1. The Morgan fingerprint density at radius 2 is 1.55 bits per heavy atom. The molecule has 0 radical (unpaired) electrons. The number of benzene rings is 2. The minimum Gasteiger partial charge on any atom is -0.293 e. The summed E-state index contributed by atoms with van der Waals surface area (Å²) in [7, 11) is -1.08. The molecule has 0 saturated carbocycles. The van der Waals surface area contributed by atoms with E-state index in [0.717, 1.165) is 11.3 Å². The lowest BCUT2D eigenvalue weighted by molar-refractivity contribution is -0.118. The number of hydrogen-bond donors (Lipinski definition) is 0. The molecule has 0 bridgehead atoms. The van der Waals surface area contributed by atoms with E-state index in [-0.39, 0.29) is 11.3 Å². The van der Waals surface area contributed by atoms with Crippen molar-refractivity contribution in [3.63, 3.8) is 0 Å². The number of carbonyl (C=O) groups is 1. The molecule has 2 atom stereocenters. The molecular weight excluding hydrogens is 270 g/mol. The number of rotatable bonds is 2. The zero-order chi connectivity index (χ0) is 13.9. The molecule has 0 aromatic heterocycles.